The summed E-state index contributed by atoms with van der Waals surface area (Å²) in [4.78, 5) is 32.1. The standard InChI is InChI=1S/C21H21ClN4O2/c1-2-3-12-25-20(28)18(13-19(27)23-15-10-8-14(22)9-11-15)26-17-7-5-4-6-16(17)24-21(25)26/h4-11,18H,2-3,12-13H2,1H3,(H,23,27)/t18-/m0/s1. The Morgan fingerprint density at radius 2 is 1.93 bits per heavy atom. The summed E-state index contributed by atoms with van der Waals surface area (Å²) >= 11 is 5.89. The zero-order chi connectivity index (χ0) is 19.7. The molecule has 0 radical (unpaired) electrons. The molecule has 7 heteroatoms. The lowest BCUT2D eigenvalue weighted by Gasteiger charge is -2.15. The fraction of sp³-hybridized carbons (Fsp3) is 0.286. The van der Waals surface area contributed by atoms with E-state index in [0.29, 0.717) is 23.2 Å². The molecule has 1 aromatic heterocycles. The summed E-state index contributed by atoms with van der Waals surface area (Å²) in [5.41, 5.74) is 2.35. The molecule has 3 aromatic rings. The lowest BCUT2D eigenvalue weighted by atomic mass is 10.1. The SMILES string of the molecule is CCCCN1C(=O)[C@H](CC(=O)Nc2ccc(Cl)cc2)n2c1nc1ccccc12. The van der Waals surface area contributed by atoms with Crippen LogP contribution in [0.1, 0.15) is 32.2 Å². The van der Waals surface area contributed by atoms with E-state index in [2.05, 4.69) is 17.2 Å². The van der Waals surface area contributed by atoms with Crippen LogP contribution in [-0.4, -0.2) is 27.9 Å². The predicted molar refractivity (Wildman–Crippen MR) is 111 cm³/mol. The molecule has 4 rings (SSSR count). The van der Waals surface area contributed by atoms with Crippen molar-refractivity contribution in [3.63, 3.8) is 0 Å². The van der Waals surface area contributed by atoms with Gasteiger partial charge in [0.25, 0.3) is 5.91 Å². The number of rotatable bonds is 6. The molecule has 1 N–H and O–H groups in total. The van der Waals surface area contributed by atoms with Gasteiger partial charge in [-0.15, -0.1) is 0 Å². The van der Waals surface area contributed by atoms with Gasteiger partial charge in [0.1, 0.15) is 6.04 Å². The lowest BCUT2D eigenvalue weighted by molar-refractivity contribution is -0.124. The minimum Gasteiger partial charge on any atom is -0.326 e. The Morgan fingerprint density at radius 3 is 2.68 bits per heavy atom. The number of carbonyl (C=O) groups is 2. The fourth-order valence-corrected chi connectivity index (χ4v) is 3.67. The van der Waals surface area contributed by atoms with Crippen LogP contribution in [0.2, 0.25) is 5.02 Å². The maximum Gasteiger partial charge on any atom is 0.253 e. The number of imidazole rings is 1. The Hall–Kier alpha value is -2.86. The van der Waals surface area contributed by atoms with Crippen LogP contribution in [0.4, 0.5) is 11.6 Å². The molecule has 2 aromatic carbocycles. The van der Waals surface area contributed by atoms with Crippen molar-refractivity contribution >= 4 is 46.1 Å². The van der Waals surface area contributed by atoms with Gasteiger partial charge < -0.3 is 5.32 Å². The molecular formula is C21H21ClN4O2. The van der Waals surface area contributed by atoms with Gasteiger partial charge in [0.15, 0.2) is 0 Å². The smallest absolute Gasteiger partial charge is 0.253 e. The molecule has 2 heterocycles. The summed E-state index contributed by atoms with van der Waals surface area (Å²) in [6.07, 6.45) is 1.92. The van der Waals surface area contributed by atoms with Gasteiger partial charge in [-0.1, -0.05) is 37.1 Å². The maximum atomic E-state index is 13.1. The van der Waals surface area contributed by atoms with E-state index in [1.54, 1.807) is 29.2 Å². The van der Waals surface area contributed by atoms with Crippen molar-refractivity contribution in [2.24, 2.45) is 0 Å². The number of aromatic nitrogens is 2. The first-order valence-corrected chi connectivity index (χ1v) is 9.80. The molecule has 1 atom stereocenters. The Bertz CT molecular complexity index is 1030. The van der Waals surface area contributed by atoms with Crippen LogP contribution in [0, 0.1) is 0 Å². The average Bonchev–Trinajstić information content (AvgIpc) is 3.17. The first-order chi connectivity index (χ1) is 13.6. The summed E-state index contributed by atoms with van der Waals surface area (Å²) in [6, 6.07) is 14.0. The van der Waals surface area contributed by atoms with Gasteiger partial charge in [0, 0.05) is 17.3 Å². The van der Waals surface area contributed by atoms with Gasteiger partial charge in [-0.25, -0.2) is 4.98 Å². The van der Waals surface area contributed by atoms with Crippen LogP contribution >= 0.6 is 11.6 Å². The van der Waals surface area contributed by atoms with Gasteiger partial charge in [-0.05, 0) is 42.8 Å². The van der Waals surface area contributed by atoms with Crippen molar-refractivity contribution in [1.29, 1.82) is 0 Å². The third-order valence-corrected chi connectivity index (χ3v) is 5.18. The molecule has 0 bridgehead atoms. The molecule has 0 aliphatic carbocycles. The monoisotopic (exact) mass is 396 g/mol. The second-order valence-corrected chi connectivity index (χ2v) is 7.33. The zero-order valence-corrected chi connectivity index (χ0v) is 16.3. The number of nitrogens with one attached hydrogen (secondary N) is 1. The number of hydrogen-bond donors (Lipinski definition) is 1. The number of benzene rings is 2. The average molecular weight is 397 g/mol. The van der Waals surface area contributed by atoms with E-state index >= 15 is 0 Å². The first kappa shape index (κ1) is 18.5. The van der Waals surface area contributed by atoms with E-state index in [-0.39, 0.29) is 18.2 Å². The fourth-order valence-electron chi connectivity index (χ4n) is 3.54. The molecule has 6 nitrogen and oxygen atoms in total. The maximum absolute atomic E-state index is 13.1. The van der Waals surface area contributed by atoms with Crippen molar-refractivity contribution in [3.05, 3.63) is 53.6 Å². The summed E-state index contributed by atoms with van der Waals surface area (Å²) in [5, 5.41) is 3.45. The van der Waals surface area contributed by atoms with E-state index in [0.717, 1.165) is 23.9 Å². The minimum atomic E-state index is -0.591. The number of unbranched alkanes of at least 4 members (excludes halogenated alkanes) is 1. The van der Waals surface area contributed by atoms with E-state index < -0.39 is 6.04 Å². The summed E-state index contributed by atoms with van der Waals surface area (Å²) in [7, 11) is 0. The zero-order valence-electron chi connectivity index (χ0n) is 15.6. The number of halogens is 1. The van der Waals surface area contributed by atoms with Gasteiger partial charge >= 0.3 is 0 Å². The third-order valence-electron chi connectivity index (χ3n) is 4.92. The number of fused-ring (bicyclic) bond motifs is 3. The topological polar surface area (TPSA) is 67.2 Å². The summed E-state index contributed by atoms with van der Waals surface area (Å²) in [6.45, 7) is 2.69. The Balaban J connectivity index is 1.62. The molecule has 1 aliphatic heterocycles. The molecule has 1 aliphatic rings. The predicted octanol–water partition coefficient (Wildman–Crippen LogP) is 4.41. The Kier molecular flexibility index (Phi) is 5.05. The van der Waals surface area contributed by atoms with E-state index in [1.165, 1.54) is 0 Å². The van der Waals surface area contributed by atoms with Crippen LogP contribution < -0.4 is 10.2 Å². The van der Waals surface area contributed by atoms with Crippen LogP contribution in [-0.2, 0) is 9.59 Å². The second-order valence-electron chi connectivity index (χ2n) is 6.89. The normalized spacial score (nSPS) is 15.9. The van der Waals surface area contributed by atoms with Crippen molar-refractivity contribution in [2.45, 2.75) is 32.2 Å². The van der Waals surface area contributed by atoms with Gasteiger partial charge in [0.05, 0.1) is 17.5 Å². The lowest BCUT2D eigenvalue weighted by Crippen LogP contribution is -2.32. The summed E-state index contributed by atoms with van der Waals surface area (Å²) in [5.74, 6) is 0.332. The molecule has 2 amide bonds. The van der Waals surface area contributed by atoms with Crippen molar-refractivity contribution in [3.8, 4) is 0 Å². The number of nitrogens with zero attached hydrogens (tertiary/aromatic N) is 3. The highest BCUT2D eigenvalue weighted by atomic mass is 35.5. The molecular weight excluding hydrogens is 376 g/mol. The van der Waals surface area contributed by atoms with Crippen LogP contribution in [0.25, 0.3) is 11.0 Å². The van der Waals surface area contributed by atoms with E-state index in [1.807, 2.05) is 28.8 Å². The molecule has 144 valence electrons. The molecule has 0 unspecified atom stereocenters. The van der Waals surface area contributed by atoms with E-state index in [9.17, 15) is 9.59 Å². The largest absolute Gasteiger partial charge is 0.326 e. The van der Waals surface area contributed by atoms with Crippen LogP contribution in [0.15, 0.2) is 48.5 Å². The first-order valence-electron chi connectivity index (χ1n) is 9.42. The van der Waals surface area contributed by atoms with Crippen molar-refractivity contribution in [1.82, 2.24) is 9.55 Å². The molecule has 28 heavy (non-hydrogen) atoms. The molecule has 0 fully saturated rings. The van der Waals surface area contributed by atoms with Gasteiger partial charge in [0.2, 0.25) is 11.9 Å². The number of amides is 2. The van der Waals surface area contributed by atoms with Crippen molar-refractivity contribution in [2.75, 3.05) is 16.8 Å². The quantitative estimate of drug-likeness (QED) is 0.671. The molecule has 0 spiro atoms. The van der Waals surface area contributed by atoms with Crippen LogP contribution in [0.3, 0.4) is 0 Å². The van der Waals surface area contributed by atoms with Gasteiger partial charge in [-0.3, -0.25) is 19.1 Å². The third kappa shape index (κ3) is 3.36. The number of anilines is 2. The Labute approximate surface area is 168 Å². The second kappa shape index (κ2) is 7.64. The highest BCUT2D eigenvalue weighted by Crippen LogP contribution is 2.36. The number of carbonyl (C=O) groups excluding carboxylic acids is 2. The molecule has 0 saturated heterocycles. The van der Waals surface area contributed by atoms with E-state index in [4.69, 9.17) is 11.6 Å². The number of para-hydroxylation sites is 2. The Morgan fingerprint density at radius 1 is 1.18 bits per heavy atom. The summed E-state index contributed by atoms with van der Waals surface area (Å²) < 4.78 is 1.90. The minimum absolute atomic E-state index is 0.0530. The highest BCUT2D eigenvalue weighted by molar-refractivity contribution is 6.30. The highest BCUT2D eigenvalue weighted by Gasteiger charge is 2.40. The molecule has 0 saturated carbocycles. The van der Waals surface area contributed by atoms with Crippen LogP contribution in [0.5, 0.6) is 0 Å². The number of hydrogen-bond acceptors (Lipinski definition) is 3. The van der Waals surface area contributed by atoms with Gasteiger partial charge in [-0.2, -0.15) is 0 Å². The van der Waals surface area contributed by atoms with Crippen molar-refractivity contribution < 1.29 is 9.59 Å².